The van der Waals surface area contributed by atoms with Crippen molar-refractivity contribution in [2.24, 2.45) is 0 Å². The highest BCUT2D eigenvalue weighted by atomic mass is 15.3. The van der Waals surface area contributed by atoms with Crippen LogP contribution in [0.5, 0.6) is 0 Å². The van der Waals surface area contributed by atoms with Gasteiger partial charge in [0.15, 0.2) is 0 Å². The summed E-state index contributed by atoms with van der Waals surface area (Å²) in [5.41, 5.74) is 2.13. The number of hydrogen-bond donors (Lipinski definition) is 1. The van der Waals surface area contributed by atoms with E-state index in [1.807, 2.05) is 24.3 Å². The van der Waals surface area contributed by atoms with Crippen LogP contribution < -0.4 is 5.32 Å². The highest BCUT2D eigenvalue weighted by Crippen LogP contribution is 2.09. The molecule has 0 saturated heterocycles. The van der Waals surface area contributed by atoms with Gasteiger partial charge in [-0.3, -0.25) is 0 Å². The van der Waals surface area contributed by atoms with Gasteiger partial charge in [-0.1, -0.05) is 12.1 Å². The van der Waals surface area contributed by atoms with Crippen LogP contribution in [-0.2, 0) is 6.54 Å². The van der Waals surface area contributed by atoms with Gasteiger partial charge < -0.3 is 5.32 Å². The fraction of sp³-hybridized carbons (Fsp3) is 0.0769. The lowest BCUT2D eigenvalue weighted by Gasteiger charge is -2.05. The third-order valence-electron chi connectivity index (χ3n) is 2.64. The monoisotopic (exact) mass is 252 g/mol. The van der Waals surface area contributed by atoms with E-state index in [0.717, 1.165) is 11.3 Å². The predicted molar refractivity (Wildman–Crippen MR) is 70.7 cm³/mol. The SMILES string of the molecule is c1cnc(NCc2ccc(-n3cncn3)cc2)nc1. The molecule has 2 aromatic heterocycles. The molecule has 94 valence electrons. The van der Waals surface area contributed by atoms with Gasteiger partial charge in [0.2, 0.25) is 5.95 Å². The fourth-order valence-electron chi connectivity index (χ4n) is 1.68. The van der Waals surface area contributed by atoms with E-state index in [1.54, 1.807) is 29.5 Å². The lowest BCUT2D eigenvalue weighted by molar-refractivity contribution is 0.877. The number of nitrogens with zero attached hydrogens (tertiary/aromatic N) is 5. The van der Waals surface area contributed by atoms with Crippen LogP contribution in [0, 0.1) is 0 Å². The second-order valence-electron chi connectivity index (χ2n) is 3.93. The van der Waals surface area contributed by atoms with E-state index in [4.69, 9.17) is 0 Å². The van der Waals surface area contributed by atoms with E-state index < -0.39 is 0 Å². The van der Waals surface area contributed by atoms with E-state index in [2.05, 4.69) is 25.4 Å². The molecule has 1 N–H and O–H groups in total. The molecule has 0 unspecified atom stereocenters. The quantitative estimate of drug-likeness (QED) is 0.765. The van der Waals surface area contributed by atoms with Gasteiger partial charge in [0.25, 0.3) is 0 Å². The summed E-state index contributed by atoms with van der Waals surface area (Å²) in [7, 11) is 0. The van der Waals surface area contributed by atoms with Gasteiger partial charge in [0.1, 0.15) is 12.7 Å². The Balaban J connectivity index is 1.67. The maximum atomic E-state index is 4.11. The molecule has 0 saturated carbocycles. The maximum absolute atomic E-state index is 4.11. The molecule has 0 amide bonds. The van der Waals surface area contributed by atoms with Crippen LogP contribution in [0.4, 0.5) is 5.95 Å². The first-order valence-corrected chi connectivity index (χ1v) is 5.87. The molecule has 3 aromatic rings. The van der Waals surface area contributed by atoms with Crippen molar-refractivity contribution in [2.45, 2.75) is 6.54 Å². The Labute approximate surface area is 110 Å². The number of nitrogens with one attached hydrogen (secondary N) is 1. The standard InChI is InChI=1S/C13H12N6/c1-6-15-13(16-7-1)17-8-11-2-4-12(5-3-11)19-10-14-9-18-19/h1-7,9-10H,8H2,(H,15,16,17). The molecular formula is C13H12N6. The van der Waals surface area contributed by atoms with E-state index in [0.29, 0.717) is 12.5 Å². The average molecular weight is 252 g/mol. The summed E-state index contributed by atoms with van der Waals surface area (Å²) in [5.74, 6) is 0.628. The van der Waals surface area contributed by atoms with Crippen molar-refractivity contribution in [1.82, 2.24) is 24.7 Å². The van der Waals surface area contributed by atoms with Crippen LogP contribution in [0.25, 0.3) is 5.69 Å². The van der Waals surface area contributed by atoms with Crippen LogP contribution in [-0.4, -0.2) is 24.7 Å². The maximum Gasteiger partial charge on any atom is 0.222 e. The summed E-state index contributed by atoms with van der Waals surface area (Å²) >= 11 is 0. The Morgan fingerprint density at radius 3 is 2.53 bits per heavy atom. The second-order valence-corrected chi connectivity index (χ2v) is 3.93. The molecule has 0 radical (unpaired) electrons. The first kappa shape index (κ1) is 11.3. The highest BCUT2D eigenvalue weighted by Gasteiger charge is 1.98. The zero-order valence-electron chi connectivity index (χ0n) is 10.1. The molecule has 0 fully saturated rings. The van der Waals surface area contributed by atoms with Gasteiger partial charge >= 0.3 is 0 Å². The largest absolute Gasteiger partial charge is 0.350 e. The van der Waals surface area contributed by atoms with E-state index in [-0.39, 0.29) is 0 Å². The fourth-order valence-corrected chi connectivity index (χ4v) is 1.68. The molecule has 6 nitrogen and oxygen atoms in total. The lowest BCUT2D eigenvalue weighted by atomic mass is 10.2. The van der Waals surface area contributed by atoms with E-state index >= 15 is 0 Å². The Morgan fingerprint density at radius 2 is 1.84 bits per heavy atom. The van der Waals surface area contributed by atoms with Crippen LogP contribution >= 0.6 is 0 Å². The van der Waals surface area contributed by atoms with Crippen LogP contribution in [0.15, 0.2) is 55.4 Å². The van der Waals surface area contributed by atoms with Gasteiger partial charge in [0.05, 0.1) is 5.69 Å². The molecule has 3 rings (SSSR count). The zero-order chi connectivity index (χ0) is 12.9. The third kappa shape index (κ3) is 2.74. The first-order chi connectivity index (χ1) is 9.42. The number of hydrogen-bond acceptors (Lipinski definition) is 5. The van der Waals surface area contributed by atoms with E-state index in [1.165, 1.54) is 6.33 Å². The van der Waals surface area contributed by atoms with Gasteiger partial charge in [-0.05, 0) is 23.8 Å². The number of rotatable bonds is 4. The van der Waals surface area contributed by atoms with Crippen molar-refractivity contribution in [1.29, 1.82) is 0 Å². The zero-order valence-corrected chi connectivity index (χ0v) is 10.1. The van der Waals surface area contributed by atoms with Crippen LogP contribution in [0.1, 0.15) is 5.56 Å². The molecule has 0 spiro atoms. The Hall–Kier alpha value is -2.76. The van der Waals surface area contributed by atoms with Crippen molar-refractivity contribution in [2.75, 3.05) is 5.32 Å². The molecule has 6 heteroatoms. The topological polar surface area (TPSA) is 68.5 Å². The van der Waals surface area contributed by atoms with Gasteiger partial charge in [0, 0.05) is 18.9 Å². The molecule has 0 bridgehead atoms. The lowest BCUT2D eigenvalue weighted by Crippen LogP contribution is -2.03. The summed E-state index contributed by atoms with van der Waals surface area (Å²) in [6.07, 6.45) is 6.61. The van der Waals surface area contributed by atoms with Gasteiger partial charge in [-0.15, -0.1) is 0 Å². The average Bonchev–Trinajstić information content (AvgIpc) is 3.01. The van der Waals surface area contributed by atoms with E-state index in [9.17, 15) is 0 Å². The molecule has 0 atom stereocenters. The molecule has 19 heavy (non-hydrogen) atoms. The minimum absolute atomic E-state index is 0.628. The molecule has 0 aliphatic carbocycles. The molecule has 0 aliphatic rings. The van der Waals surface area contributed by atoms with Crippen molar-refractivity contribution in [3.8, 4) is 5.69 Å². The van der Waals surface area contributed by atoms with Crippen LogP contribution in [0.2, 0.25) is 0 Å². The molecule has 1 aromatic carbocycles. The normalized spacial score (nSPS) is 10.3. The third-order valence-corrected chi connectivity index (χ3v) is 2.64. The summed E-state index contributed by atoms with van der Waals surface area (Å²) < 4.78 is 1.72. The van der Waals surface area contributed by atoms with Crippen molar-refractivity contribution in [3.63, 3.8) is 0 Å². The minimum atomic E-state index is 0.628. The summed E-state index contributed by atoms with van der Waals surface area (Å²) in [6.45, 7) is 0.682. The predicted octanol–water partition coefficient (Wildman–Crippen LogP) is 1.67. The number of benzene rings is 1. The molecule has 2 heterocycles. The Morgan fingerprint density at radius 1 is 1.05 bits per heavy atom. The van der Waals surface area contributed by atoms with Crippen molar-refractivity contribution < 1.29 is 0 Å². The smallest absolute Gasteiger partial charge is 0.222 e. The number of anilines is 1. The minimum Gasteiger partial charge on any atom is -0.350 e. The first-order valence-electron chi connectivity index (χ1n) is 5.87. The second kappa shape index (κ2) is 5.26. The summed E-state index contributed by atoms with van der Waals surface area (Å²) in [4.78, 5) is 12.1. The molecule has 0 aliphatic heterocycles. The number of aromatic nitrogens is 5. The van der Waals surface area contributed by atoms with Crippen molar-refractivity contribution in [3.05, 3.63) is 60.9 Å². The highest BCUT2D eigenvalue weighted by molar-refractivity contribution is 5.35. The van der Waals surface area contributed by atoms with Gasteiger partial charge in [-0.2, -0.15) is 5.10 Å². The summed E-state index contributed by atoms with van der Waals surface area (Å²) in [6, 6.07) is 9.85. The van der Waals surface area contributed by atoms with Crippen molar-refractivity contribution >= 4 is 5.95 Å². The Kier molecular flexibility index (Phi) is 3.14. The Bertz CT molecular complexity index is 618. The molecular weight excluding hydrogens is 240 g/mol. The van der Waals surface area contributed by atoms with Gasteiger partial charge in [-0.25, -0.2) is 19.6 Å². The van der Waals surface area contributed by atoms with Crippen LogP contribution in [0.3, 0.4) is 0 Å². The summed E-state index contributed by atoms with van der Waals surface area (Å²) in [5, 5.41) is 7.24.